The lowest BCUT2D eigenvalue weighted by Crippen LogP contribution is -2.37. The van der Waals surface area contributed by atoms with Crippen LogP contribution < -0.4 is 5.73 Å². The van der Waals surface area contributed by atoms with Gasteiger partial charge in [0.25, 0.3) is 0 Å². The van der Waals surface area contributed by atoms with Crippen LogP contribution in [0.15, 0.2) is 18.5 Å². The van der Waals surface area contributed by atoms with Gasteiger partial charge in [-0.1, -0.05) is 0 Å². The number of aromatic nitrogens is 1. The molecule has 1 aromatic heterocycles. The van der Waals surface area contributed by atoms with Gasteiger partial charge in [0.2, 0.25) is 5.91 Å². The lowest BCUT2D eigenvalue weighted by molar-refractivity contribution is -0.130. The first kappa shape index (κ1) is 10.2. The monoisotopic (exact) mass is 207 g/mol. The third kappa shape index (κ3) is 1.65. The van der Waals surface area contributed by atoms with Crippen LogP contribution in [0.5, 0.6) is 0 Å². The Morgan fingerprint density at radius 1 is 1.60 bits per heavy atom. The molecule has 0 bridgehead atoms. The minimum atomic E-state index is -0.0873. The van der Waals surface area contributed by atoms with E-state index in [0.717, 1.165) is 5.56 Å². The number of hydrogen-bond acceptors (Lipinski definition) is 2. The lowest BCUT2D eigenvalue weighted by atomic mass is 10.0. The van der Waals surface area contributed by atoms with Gasteiger partial charge in [0.15, 0.2) is 0 Å². The zero-order valence-electron chi connectivity index (χ0n) is 9.10. The third-order valence-electron chi connectivity index (χ3n) is 2.92. The highest BCUT2D eigenvalue weighted by Gasteiger charge is 2.39. The van der Waals surface area contributed by atoms with Crippen LogP contribution >= 0.6 is 0 Å². The molecule has 4 nitrogen and oxygen atoms in total. The van der Waals surface area contributed by atoms with Gasteiger partial charge in [0.05, 0.1) is 6.04 Å². The molecule has 2 rings (SSSR count). The maximum absolute atomic E-state index is 11.8. The molecule has 4 heteroatoms. The molecule has 0 aromatic carbocycles. The number of aromatic amines is 1. The number of likely N-dealkylation sites (tertiary alicyclic amines) is 1. The summed E-state index contributed by atoms with van der Waals surface area (Å²) in [6.45, 7) is 4.05. The number of H-pyrrole nitrogens is 1. The highest BCUT2D eigenvalue weighted by molar-refractivity contribution is 5.80. The fraction of sp³-hybridized carbons (Fsp3) is 0.545. The van der Waals surface area contributed by atoms with Gasteiger partial charge in [-0.25, -0.2) is 0 Å². The van der Waals surface area contributed by atoms with E-state index >= 15 is 0 Å². The first-order valence-electron chi connectivity index (χ1n) is 5.30. The quantitative estimate of drug-likeness (QED) is 0.760. The predicted molar refractivity (Wildman–Crippen MR) is 58.1 cm³/mol. The fourth-order valence-corrected chi connectivity index (χ4v) is 2.32. The van der Waals surface area contributed by atoms with Gasteiger partial charge in [0, 0.05) is 30.9 Å². The number of nitrogens with two attached hydrogens (primary N) is 1. The van der Waals surface area contributed by atoms with Crippen molar-refractivity contribution < 1.29 is 4.79 Å². The number of rotatable bonds is 2. The van der Waals surface area contributed by atoms with Crippen molar-refractivity contribution in [2.75, 3.05) is 0 Å². The molecule has 3 N–H and O–H groups in total. The number of carbonyl (C=O) groups excluding carboxylic acids is 1. The van der Waals surface area contributed by atoms with Crippen molar-refractivity contribution in [2.24, 2.45) is 5.73 Å². The van der Waals surface area contributed by atoms with Crippen LogP contribution in [0, 0.1) is 0 Å². The summed E-state index contributed by atoms with van der Waals surface area (Å²) >= 11 is 0. The Balaban J connectivity index is 2.32. The van der Waals surface area contributed by atoms with Crippen LogP contribution in [-0.4, -0.2) is 27.9 Å². The zero-order chi connectivity index (χ0) is 11.0. The SMILES string of the molecule is CC(C)N1C(=O)CC(N)C1c1cc[nH]c1. The molecular formula is C11H17N3O. The molecule has 1 aromatic rings. The van der Waals surface area contributed by atoms with Crippen LogP contribution in [0.2, 0.25) is 0 Å². The molecule has 2 atom stereocenters. The minimum absolute atomic E-state index is 0.0312. The van der Waals surface area contributed by atoms with E-state index in [9.17, 15) is 4.79 Å². The summed E-state index contributed by atoms with van der Waals surface area (Å²) in [4.78, 5) is 16.7. The molecule has 1 aliphatic heterocycles. The van der Waals surface area contributed by atoms with Gasteiger partial charge >= 0.3 is 0 Å². The van der Waals surface area contributed by atoms with Crippen molar-refractivity contribution in [3.8, 4) is 0 Å². The van der Waals surface area contributed by atoms with Crippen molar-refractivity contribution in [3.05, 3.63) is 24.0 Å². The molecule has 1 fully saturated rings. The van der Waals surface area contributed by atoms with Gasteiger partial charge in [-0.15, -0.1) is 0 Å². The predicted octanol–water partition coefficient (Wildman–Crippen LogP) is 1.02. The number of hydrogen-bond donors (Lipinski definition) is 2. The number of carbonyl (C=O) groups is 1. The van der Waals surface area contributed by atoms with Crippen molar-refractivity contribution in [2.45, 2.75) is 38.4 Å². The van der Waals surface area contributed by atoms with Gasteiger partial charge in [-0.3, -0.25) is 4.79 Å². The Morgan fingerprint density at radius 2 is 2.33 bits per heavy atom. The standard InChI is InChI=1S/C11H17N3O/c1-7(2)14-10(15)5-9(12)11(14)8-3-4-13-6-8/h3-4,6-7,9,11,13H,5,12H2,1-2H3. The van der Waals surface area contributed by atoms with Crippen LogP contribution in [-0.2, 0) is 4.79 Å². The largest absolute Gasteiger partial charge is 0.367 e. The molecule has 0 spiro atoms. The van der Waals surface area contributed by atoms with Crippen molar-refractivity contribution >= 4 is 5.91 Å². The number of nitrogens with one attached hydrogen (secondary N) is 1. The Bertz CT molecular complexity index is 345. The Labute approximate surface area is 89.5 Å². The van der Waals surface area contributed by atoms with E-state index in [1.807, 2.05) is 37.2 Å². The summed E-state index contributed by atoms with van der Waals surface area (Å²) in [6.07, 6.45) is 4.23. The second kappa shape index (κ2) is 3.70. The molecule has 2 unspecified atom stereocenters. The van der Waals surface area contributed by atoms with E-state index < -0.39 is 0 Å². The zero-order valence-corrected chi connectivity index (χ0v) is 9.10. The smallest absolute Gasteiger partial charge is 0.225 e. The summed E-state index contributed by atoms with van der Waals surface area (Å²) in [5.41, 5.74) is 7.11. The highest BCUT2D eigenvalue weighted by Crippen LogP contribution is 2.33. The van der Waals surface area contributed by atoms with E-state index in [-0.39, 0.29) is 24.0 Å². The summed E-state index contributed by atoms with van der Waals surface area (Å²) in [7, 11) is 0. The molecule has 2 heterocycles. The van der Waals surface area contributed by atoms with Crippen LogP contribution in [0.1, 0.15) is 31.9 Å². The number of amides is 1. The Hall–Kier alpha value is -1.29. The maximum atomic E-state index is 11.8. The molecule has 15 heavy (non-hydrogen) atoms. The normalized spacial score (nSPS) is 26.7. The molecule has 0 aliphatic carbocycles. The van der Waals surface area contributed by atoms with Gasteiger partial charge in [0.1, 0.15) is 0 Å². The maximum Gasteiger partial charge on any atom is 0.225 e. The van der Waals surface area contributed by atoms with Gasteiger partial charge in [-0.2, -0.15) is 0 Å². The summed E-state index contributed by atoms with van der Waals surface area (Å²) in [6, 6.07) is 2.13. The van der Waals surface area contributed by atoms with Crippen LogP contribution in [0.4, 0.5) is 0 Å². The lowest BCUT2D eigenvalue weighted by Gasteiger charge is -2.29. The molecular weight excluding hydrogens is 190 g/mol. The second-order valence-corrected chi connectivity index (χ2v) is 4.35. The van der Waals surface area contributed by atoms with Crippen molar-refractivity contribution in [1.29, 1.82) is 0 Å². The minimum Gasteiger partial charge on any atom is -0.367 e. The average molecular weight is 207 g/mol. The molecule has 1 saturated heterocycles. The Kier molecular flexibility index (Phi) is 2.52. The van der Waals surface area contributed by atoms with E-state index in [4.69, 9.17) is 5.73 Å². The summed E-state index contributed by atoms with van der Waals surface area (Å²) < 4.78 is 0. The average Bonchev–Trinajstić information content (AvgIpc) is 2.71. The first-order valence-corrected chi connectivity index (χ1v) is 5.30. The van der Waals surface area contributed by atoms with Crippen molar-refractivity contribution in [1.82, 2.24) is 9.88 Å². The van der Waals surface area contributed by atoms with E-state index in [1.54, 1.807) is 0 Å². The topological polar surface area (TPSA) is 62.1 Å². The first-order chi connectivity index (χ1) is 7.11. The number of nitrogens with zero attached hydrogens (tertiary/aromatic N) is 1. The second-order valence-electron chi connectivity index (χ2n) is 4.35. The fourth-order valence-electron chi connectivity index (χ4n) is 2.32. The third-order valence-corrected chi connectivity index (χ3v) is 2.92. The summed E-state index contributed by atoms with van der Waals surface area (Å²) in [5.74, 6) is 0.156. The molecule has 0 saturated carbocycles. The molecule has 1 aliphatic rings. The Morgan fingerprint density at radius 3 is 2.87 bits per heavy atom. The van der Waals surface area contributed by atoms with Crippen molar-refractivity contribution in [3.63, 3.8) is 0 Å². The van der Waals surface area contributed by atoms with E-state index in [2.05, 4.69) is 4.98 Å². The molecule has 0 radical (unpaired) electrons. The molecule has 82 valence electrons. The summed E-state index contributed by atoms with van der Waals surface area (Å²) in [5, 5.41) is 0. The van der Waals surface area contributed by atoms with Crippen LogP contribution in [0.25, 0.3) is 0 Å². The van der Waals surface area contributed by atoms with Gasteiger partial charge < -0.3 is 15.6 Å². The molecule has 1 amide bonds. The van der Waals surface area contributed by atoms with E-state index in [1.165, 1.54) is 0 Å². The van der Waals surface area contributed by atoms with Gasteiger partial charge in [-0.05, 0) is 25.5 Å². The highest BCUT2D eigenvalue weighted by atomic mass is 16.2. The van der Waals surface area contributed by atoms with Crippen LogP contribution in [0.3, 0.4) is 0 Å². The van der Waals surface area contributed by atoms with E-state index in [0.29, 0.717) is 6.42 Å².